The van der Waals surface area contributed by atoms with Gasteiger partial charge in [-0.05, 0) is 37.4 Å². The summed E-state index contributed by atoms with van der Waals surface area (Å²) in [7, 11) is 0. The van der Waals surface area contributed by atoms with E-state index in [-0.39, 0.29) is 12.4 Å². The quantitative estimate of drug-likeness (QED) is 0.832. The summed E-state index contributed by atoms with van der Waals surface area (Å²) < 4.78 is 0. The van der Waals surface area contributed by atoms with Crippen molar-refractivity contribution in [2.75, 3.05) is 26.2 Å². The van der Waals surface area contributed by atoms with Crippen LogP contribution in [0.1, 0.15) is 23.2 Å². The second-order valence-corrected chi connectivity index (χ2v) is 5.21. The lowest BCUT2D eigenvalue weighted by Crippen LogP contribution is -2.28. The summed E-state index contributed by atoms with van der Waals surface area (Å²) in [5.74, 6) is 0.597. The van der Waals surface area contributed by atoms with Crippen molar-refractivity contribution in [3.8, 4) is 0 Å². The molecule has 1 fully saturated rings. The molecule has 0 spiro atoms. The lowest BCUT2D eigenvalue weighted by atomic mass is 10.1. The Balaban J connectivity index is 1.91. The molecular formula is C14H18ClNO2. The van der Waals surface area contributed by atoms with Gasteiger partial charge >= 0.3 is 0 Å². The molecule has 1 saturated heterocycles. The zero-order valence-corrected chi connectivity index (χ0v) is 11.1. The van der Waals surface area contributed by atoms with Crippen LogP contribution in [-0.4, -0.2) is 42.0 Å². The third-order valence-corrected chi connectivity index (χ3v) is 3.78. The summed E-state index contributed by atoms with van der Waals surface area (Å²) in [4.78, 5) is 14.3. The summed E-state index contributed by atoms with van der Waals surface area (Å²) in [6.45, 7) is 2.49. The predicted molar refractivity (Wildman–Crippen MR) is 72.0 cm³/mol. The van der Waals surface area contributed by atoms with Crippen LogP contribution < -0.4 is 0 Å². The number of Topliss-reactive ketones (excluding diaryl/α,β-unsaturated/α-hetero) is 1. The predicted octanol–water partition coefficient (Wildman–Crippen LogP) is 2.23. The first kappa shape index (κ1) is 13.5. The van der Waals surface area contributed by atoms with Gasteiger partial charge in [0.1, 0.15) is 0 Å². The molecule has 18 heavy (non-hydrogen) atoms. The van der Waals surface area contributed by atoms with Crippen molar-refractivity contribution in [2.45, 2.75) is 12.8 Å². The minimum atomic E-state index is 0.0743. The molecule has 3 nitrogen and oxygen atoms in total. The maximum absolute atomic E-state index is 12.1. The molecule has 2 rings (SSSR count). The molecule has 98 valence electrons. The number of hydrogen-bond acceptors (Lipinski definition) is 3. The number of nitrogens with zero attached hydrogens (tertiary/aromatic N) is 1. The number of likely N-dealkylation sites (tertiary alicyclic amines) is 1. The number of aliphatic hydroxyl groups is 1. The molecule has 0 amide bonds. The van der Waals surface area contributed by atoms with Crippen LogP contribution in [0.3, 0.4) is 0 Å². The SMILES string of the molecule is O=C(CN1CCC(CCO)C1)c1ccccc1Cl. The lowest BCUT2D eigenvalue weighted by molar-refractivity contribution is 0.0943. The fraction of sp³-hybridized carbons (Fsp3) is 0.500. The fourth-order valence-electron chi connectivity index (χ4n) is 2.45. The van der Waals surface area contributed by atoms with Gasteiger partial charge in [-0.1, -0.05) is 23.7 Å². The normalized spacial score (nSPS) is 20.2. The Morgan fingerprint density at radius 1 is 1.44 bits per heavy atom. The fourth-order valence-corrected chi connectivity index (χ4v) is 2.69. The number of carbonyl (C=O) groups is 1. The van der Waals surface area contributed by atoms with Crippen LogP contribution in [-0.2, 0) is 0 Å². The molecule has 0 radical (unpaired) electrons. The second kappa shape index (κ2) is 6.32. The Kier molecular flexibility index (Phi) is 4.75. The largest absolute Gasteiger partial charge is 0.396 e. The van der Waals surface area contributed by atoms with E-state index in [2.05, 4.69) is 4.90 Å². The van der Waals surface area contributed by atoms with Gasteiger partial charge in [-0.15, -0.1) is 0 Å². The highest BCUT2D eigenvalue weighted by Crippen LogP contribution is 2.21. The Hall–Kier alpha value is -0.900. The molecule has 1 N–H and O–H groups in total. The Morgan fingerprint density at radius 2 is 2.22 bits per heavy atom. The van der Waals surface area contributed by atoms with Crippen molar-refractivity contribution in [1.29, 1.82) is 0 Å². The molecular weight excluding hydrogens is 250 g/mol. The van der Waals surface area contributed by atoms with Gasteiger partial charge in [0.05, 0.1) is 11.6 Å². The van der Waals surface area contributed by atoms with Gasteiger partial charge < -0.3 is 5.11 Å². The molecule has 0 aliphatic carbocycles. The van der Waals surface area contributed by atoms with E-state index < -0.39 is 0 Å². The zero-order chi connectivity index (χ0) is 13.0. The van der Waals surface area contributed by atoms with E-state index in [1.807, 2.05) is 12.1 Å². The first-order chi connectivity index (χ1) is 8.70. The summed E-state index contributed by atoms with van der Waals surface area (Å²) in [5, 5.41) is 9.43. The van der Waals surface area contributed by atoms with Crippen molar-refractivity contribution in [1.82, 2.24) is 4.90 Å². The third-order valence-electron chi connectivity index (χ3n) is 3.45. The molecule has 1 aliphatic heterocycles. The molecule has 1 unspecified atom stereocenters. The monoisotopic (exact) mass is 267 g/mol. The summed E-state index contributed by atoms with van der Waals surface area (Å²) in [6, 6.07) is 7.17. The molecule has 1 heterocycles. The van der Waals surface area contributed by atoms with Gasteiger partial charge in [0.15, 0.2) is 5.78 Å². The Labute approximate surface area is 112 Å². The van der Waals surface area contributed by atoms with Crippen LogP contribution in [0.25, 0.3) is 0 Å². The summed E-state index contributed by atoms with van der Waals surface area (Å²) in [5.41, 5.74) is 0.602. The van der Waals surface area contributed by atoms with Crippen LogP contribution in [0.4, 0.5) is 0 Å². The average Bonchev–Trinajstić information content (AvgIpc) is 2.77. The zero-order valence-electron chi connectivity index (χ0n) is 10.3. The molecule has 1 aliphatic rings. The van der Waals surface area contributed by atoms with Crippen molar-refractivity contribution in [2.24, 2.45) is 5.92 Å². The molecule has 1 aromatic carbocycles. The number of rotatable bonds is 5. The van der Waals surface area contributed by atoms with E-state index in [1.54, 1.807) is 12.1 Å². The second-order valence-electron chi connectivity index (χ2n) is 4.81. The number of carbonyl (C=O) groups excluding carboxylic acids is 1. The molecule has 0 bridgehead atoms. The highest BCUT2D eigenvalue weighted by molar-refractivity contribution is 6.34. The lowest BCUT2D eigenvalue weighted by Gasteiger charge is -2.15. The Morgan fingerprint density at radius 3 is 2.94 bits per heavy atom. The minimum Gasteiger partial charge on any atom is -0.396 e. The number of ketones is 1. The third kappa shape index (κ3) is 3.31. The number of benzene rings is 1. The number of halogens is 1. The van der Waals surface area contributed by atoms with Crippen molar-refractivity contribution < 1.29 is 9.90 Å². The van der Waals surface area contributed by atoms with E-state index in [4.69, 9.17) is 16.7 Å². The highest BCUT2D eigenvalue weighted by atomic mass is 35.5. The number of aliphatic hydroxyl groups excluding tert-OH is 1. The molecule has 0 saturated carbocycles. The van der Waals surface area contributed by atoms with Gasteiger partial charge in [-0.25, -0.2) is 0 Å². The first-order valence-electron chi connectivity index (χ1n) is 6.31. The minimum absolute atomic E-state index is 0.0743. The van der Waals surface area contributed by atoms with Gasteiger partial charge in [0.2, 0.25) is 0 Å². The maximum Gasteiger partial charge on any atom is 0.178 e. The van der Waals surface area contributed by atoms with E-state index >= 15 is 0 Å². The molecule has 1 aromatic rings. The Bertz CT molecular complexity index is 422. The molecule has 0 aromatic heterocycles. The summed E-state index contributed by atoms with van der Waals surface area (Å²) >= 11 is 6.01. The first-order valence-corrected chi connectivity index (χ1v) is 6.69. The standard InChI is InChI=1S/C14H18ClNO2/c15-13-4-2-1-3-12(13)14(18)10-16-7-5-11(9-16)6-8-17/h1-4,11,17H,5-10H2. The van der Waals surface area contributed by atoms with E-state index in [0.29, 0.717) is 23.0 Å². The van der Waals surface area contributed by atoms with Crippen molar-refractivity contribution >= 4 is 17.4 Å². The van der Waals surface area contributed by atoms with Crippen LogP contribution in [0, 0.1) is 5.92 Å². The van der Waals surface area contributed by atoms with Gasteiger partial charge in [0, 0.05) is 18.7 Å². The van der Waals surface area contributed by atoms with Gasteiger partial charge in [-0.2, -0.15) is 0 Å². The highest BCUT2D eigenvalue weighted by Gasteiger charge is 2.24. The van der Waals surface area contributed by atoms with E-state index in [0.717, 1.165) is 25.9 Å². The smallest absolute Gasteiger partial charge is 0.178 e. The average molecular weight is 268 g/mol. The van der Waals surface area contributed by atoms with Crippen LogP contribution in [0.5, 0.6) is 0 Å². The number of hydrogen-bond donors (Lipinski definition) is 1. The molecule has 1 atom stereocenters. The van der Waals surface area contributed by atoms with E-state index in [1.165, 1.54) is 0 Å². The topological polar surface area (TPSA) is 40.5 Å². The maximum atomic E-state index is 12.1. The molecule has 4 heteroatoms. The van der Waals surface area contributed by atoms with Crippen molar-refractivity contribution in [3.05, 3.63) is 34.9 Å². The van der Waals surface area contributed by atoms with E-state index in [9.17, 15) is 4.79 Å². The van der Waals surface area contributed by atoms with Crippen molar-refractivity contribution in [3.63, 3.8) is 0 Å². The van der Waals surface area contributed by atoms with Crippen LogP contribution in [0.15, 0.2) is 24.3 Å². The van der Waals surface area contributed by atoms with Crippen LogP contribution in [0.2, 0.25) is 5.02 Å². The van der Waals surface area contributed by atoms with Gasteiger partial charge in [0.25, 0.3) is 0 Å². The van der Waals surface area contributed by atoms with Crippen LogP contribution >= 0.6 is 11.6 Å². The van der Waals surface area contributed by atoms with Gasteiger partial charge in [-0.3, -0.25) is 9.69 Å². The summed E-state index contributed by atoms with van der Waals surface area (Å²) in [6.07, 6.45) is 1.90.